The molecule has 0 aromatic carbocycles. The van der Waals surface area contributed by atoms with Gasteiger partial charge in [0.15, 0.2) is 0 Å². The molecule has 14 heavy (non-hydrogen) atoms. The molecule has 0 saturated carbocycles. The molecule has 4 heteroatoms. The Balaban J connectivity index is 2.23. The number of nitrogens with zero attached hydrogens (tertiary/aromatic N) is 2. The van der Waals surface area contributed by atoms with E-state index in [9.17, 15) is 5.11 Å². The van der Waals surface area contributed by atoms with Crippen LogP contribution in [0, 0.1) is 0 Å². The highest BCUT2D eigenvalue weighted by atomic mass is 32.2. The molecule has 0 spiro atoms. The highest BCUT2D eigenvalue weighted by Crippen LogP contribution is 2.09. The third kappa shape index (κ3) is 4.15. The number of thioether (sulfide) groups is 1. The molecule has 0 radical (unpaired) electrons. The molecule has 1 heterocycles. The summed E-state index contributed by atoms with van der Waals surface area (Å²) in [5, 5.41) is 13.7. The molecule has 0 aliphatic rings. The molecule has 80 valence electrons. The summed E-state index contributed by atoms with van der Waals surface area (Å²) < 4.78 is 1.77. The van der Waals surface area contributed by atoms with Gasteiger partial charge < -0.3 is 5.11 Å². The molecule has 0 fully saturated rings. The lowest BCUT2D eigenvalue weighted by molar-refractivity contribution is 0.200. The van der Waals surface area contributed by atoms with Gasteiger partial charge in [-0.1, -0.05) is 6.92 Å². The van der Waals surface area contributed by atoms with E-state index in [1.165, 1.54) is 6.42 Å². The number of hydrogen-bond donors (Lipinski definition) is 1. The molecule has 0 aliphatic heterocycles. The number of aromatic nitrogens is 2. The SMILES string of the molecule is CCCSCC(O)Cc1cnn(C)c1. The molecule has 0 amide bonds. The monoisotopic (exact) mass is 214 g/mol. The molecular formula is C10H18N2OS. The zero-order chi connectivity index (χ0) is 10.4. The van der Waals surface area contributed by atoms with Crippen molar-refractivity contribution in [3.63, 3.8) is 0 Å². The zero-order valence-electron chi connectivity index (χ0n) is 8.81. The third-order valence-corrected chi connectivity index (χ3v) is 3.21. The van der Waals surface area contributed by atoms with Crippen molar-refractivity contribution in [2.24, 2.45) is 7.05 Å². The molecule has 0 saturated heterocycles. The molecule has 1 atom stereocenters. The highest BCUT2D eigenvalue weighted by Gasteiger charge is 2.06. The van der Waals surface area contributed by atoms with Crippen molar-refractivity contribution in [3.05, 3.63) is 18.0 Å². The van der Waals surface area contributed by atoms with Crippen molar-refractivity contribution in [3.8, 4) is 0 Å². The Morgan fingerprint density at radius 2 is 2.43 bits per heavy atom. The fourth-order valence-electron chi connectivity index (χ4n) is 1.27. The summed E-state index contributed by atoms with van der Waals surface area (Å²) in [6, 6.07) is 0. The van der Waals surface area contributed by atoms with Gasteiger partial charge in [-0.15, -0.1) is 0 Å². The maximum atomic E-state index is 9.68. The summed E-state index contributed by atoms with van der Waals surface area (Å²) in [7, 11) is 1.89. The van der Waals surface area contributed by atoms with Crippen LogP contribution < -0.4 is 0 Å². The van der Waals surface area contributed by atoms with Crippen LogP contribution in [0.15, 0.2) is 12.4 Å². The lowest BCUT2D eigenvalue weighted by atomic mass is 10.2. The minimum Gasteiger partial charge on any atom is -0.392 e. The Morgan fingerprint density at radius 3 is 3.00 bits per heavy atom. The first-order valence-corrected chi connectivity index (χ1v) is 6.11. The summed E-state index contributed by atoms with van der Waals surface area (Å²) in [6.07, 6.45) is 5.41. The Morgan fingerprint density at radius 1 is 1.64 bits per heavy atom. The van der Waals surface area contributed by atoms with Crippen LogP contribution in [0.2, 0.25) is 0 Å². The van der Waals surface area contributed by atoms with Crippen LogP contribution in [0.4, 0.5) is 0 Å². The topological polar surface area (TPSA) is 38.1 Å². The minimum atomic E-state index is -0.240. The van der Waals surface area contributed by atoms with Gasteiger partial charge >= 0.3 is 0 Å². The first-order valence-electron chi connectivity index (χ1n) is 4.95. The van der Waals surface area contributed by atoms with E-state index in [1.54, 1.807) is 4.68 Å². The average Bonchev–Trinajstić information content (AvgIpc) is 2.52. The molecule has 1 unspecified atom stereocenters. The van der Waals surface area contributed by atoms with Crippen molar-refractivity contribution in [1.82, 2.24) is 9.78 Å². The van der Waals surface area contributed by atoms with E-state index in [0.717, 1.165) is 17.1 Å². The van der Waals surface area contributed by atoms with Crippen molar-refractivity contribution >= 4 is 11.8 Å². The second-order valence-corrected chi connectivity index (χ2v) is 4.60. The number of aliphatic hydroxyl groups excluding tert-OH is 1. The second kappa shape index (κ2) is 6.09. The van der Waals surface area contributed by atoms with E-state index in [2.05, 4.69) is 12.0 Å². The summed E-state index contributed by atoms with van der Waals surface area (Å²) in [4.78, 5) is 0. The average molecular weight is 214 g/mol. The maximum Gasteiger partial charge on any atom is 0.0672 e. The molecule has 1 rings (SSSR count). The molecule has 1 aromatic rings. The van der Waals surface area contributed by atoms with Gasteiger partial charge in [0.1, 0.15) is 0 Å². The van der Waals surface area contributed by atoms with Crippen LogP contribution in [-0.4, -0.2) is 32.5 Å². The summed E-state index contributed by atoms with van der Waals surface area (Å²) in [5.41, 5.74) is 1.11. The second-order valence-electron chi connectivity index (χ2n) is 3.46. The van der Waals surface area contributed by atoms with Gasteiger partial charge in [0.25, 0.3) is 0 Å². The summed E-state index contributed by atoms with van der Waals surface area (Å²) in [5.74, 6) is 1.95. The van der Waals surface area contributed by atoms with E-state index < -0.39 is 0 Å². The van der Waals surface area contributed by atoms with E-state index >= 15 is 0 Å². The van der Waals surface area contributed by atoms with Crippen LogP contribution in [0.25, 0.3) is 0 Å². The minimum absolute atomic E-state index is 0.240. The van der Waals surface area contributed by atoms with Gasteiger partial charge in [-0.3, -0.25) is 4.68 Å². The van der Waals surface area contributed by atoms with Gasteiger partial charge in [-0.25, -0.2) is 0 Å². The Bertz CT molecular complexity index is 262. The van der Waals surface area contributed by atoms with Gasteiger partial charge in [0, 0.05) is 25.4 Å². The molecular weight excluding hydrogens is 196 g/mol. The first-order chi connectivity index (χ1) is 6.72. The number of rotatable bonds is 6. The molecule has 0 bridgehead atoms. The Labute approximate surface area is 89.5 Å². The zero-order valence-corrected chi connectivity index (χ0v) is 9.63. The highest BCUT2D eigenvalue weighted by molar-refractivity contribution is 7.99. The number of aryl methyl sites for hydroxylation is 1. The fourth-order valence-corrected chi connectivity index (χ4v) is 2.12. The van der Waals surface area contributed by atoms with Gasteiger partial charge in [-0.05, 0) is 17.7 Å². The van der Waals surface area contributed by atoms with E-state index in [-0.39, 0.29) is 6.10 Å². The lowest BCUT2D eigenvalue weighted by Gasteiger charge is -2.07. The Kier molecular flexibility index (Phi) is 5.04. The maximum absolute atomic E-state index is 9.68. The quantitative estimate of drug-likeness (QED) is 0.729. The molecule has 3 nitrogen and oxygen atoms in total. The first kappa shape index (κ1) is 11.6. The fraction of sp³-hybridized carbons (Fsp3) is 0.700. The molecule has 1 N–H and O–H groups in total. The van der Waals surface area contributed by atoms with Crippen molar-refractivity contribution < 1.29 is 5.11 Å². The van der Waals surface area contributed by atoms with E-state index in [4.69, 9.17) is 0 Å². The number of hydrogen-bond acceptors (Lipinski definition) is 3. The predicted molar refractivity (Wildman–Crippen MR) is 60.5 cm³/mol. The van der Waals surface area contributed by atoms with Gasteiger partial charge in [0.2, 0.25) is 0 Å². The van der Waals surface area contributed by atoms with Crippen LogP contribution >= 0.6 is 11.8 Å². The standard InChI is InChI=1S/C10H18N2OS/c1-3-4-14-8-10(13)5-9-6-11-12(2)7-9/h6-7,10,13H,3-5,8H2,1-2H3. The van der Waals surface area contributed by atoms with Crippen LogP contribution in [0.5, 0.6) is 0 Å². The van der Waals surface area contributed by atoms with Gasteiger partial charge in [0.05, 0.1) is 12.3 Å². The third-order valence-electron chi connectivity index (χ3n) is 1.89. The van der Waals surface area contributed by atoms with Crippen molar-refractivity contribution in [2.45, 2.75) is 25.9 Å². The number of aliphatic hydroxyl groups is 1. The molecule has 1 aromatic heterocycles. The lowest BCUT2D eigenvalue weighted by Crippen LogP contribution is -2.13. The van der Waals surface area contributed by atoms with Crippen LogP contribution in [0.1, 0.15) is 18.9 Å². The summed E-state index contributed by atoms with van der Waals surface area (Å²) >= 11 is 1.81. The molecule has 0 aliphatic carbocycles. The van der Waals surface area contributed by atoms with E-state index in [1.807, 2.05) is 31.2 Å². The largest absolute Gasteiger partial charge is 0.392 e. The smallest absolute Gasteiger partial charge is 0.0672 e. The van der Waals surface area contributed by atoms with Crippen molar-refractivity contribution in [1.29, 1.82) is 0 Å². The predicted octanol–water partition coefficient (Wildman–Crippen LogP) is 1.47. The van der Waals surface area contributed by atoms with E-state index in [0.29, 0.717) is 6.42 Å². The Hall–Kier alpha value is -0.480. The summed E-state index contributed by atoms with van der Waals surface area (Å²) in [6.45, 7) is 2.15. The van der Waals surface area contributed by atoms with Crippen molar-refractivity contribution in [2.75, 3.05) is 11.5 Å². The van der Waals surface area contributed by atoms with Gasteiger partial charge in [-0.2, -0.15) is 16.9 Å². The van der Waals surface area contributed by atoms with Crippen LogP contribution in [-0.2, 0) is 13.5 Å². The van der Waals surface area contributed by atoms with Crippen LogP contribution in [0.3, 0.4) is 0 Å². The normalized spacial score (nSPS) is 13.1.